The fourth-order valence-electron chi connectivity index (χ4n) is 1.30. The van der Waals surface area contributed by atoms with E-state index in [4.69, 9.17) is 9.47 Å². The lowest BCUT2D eigenvalue weighted by Gasteiger charge is -2.09. The summed E-state index contributed by atoms with van der Waals surface area (Å²) in [7, 11) is 0. The molecule has 0 aliphatic carbocycles. The first-order valence-corrected chi connectivity index (χ1v) is 8.56. The molecule has 1 N–H and O–H groups in total. The van der Waals surface area contributed by atoms with Crippen molar-refractivity contribution >= 4 is 65.5 Å². The van der Waals surface area contributed by atoms with Gasteiger partial charge in [-0.3, -0.25) is 10.1 Å². The minimum absolute atomic E-state index is 0.0206. The van der Waals surface area contributed by atoms with Gasteiger partial charge in [-0.05, 0) is 66.3 Å². The maximum atomic E-state index is 11.6. The standard InChI is InChI=1S/C13H14Br3NO4/c1-2-4-20-11(18)3-5-21-13(19)17-8-6-9(14)12(16)10(15)7-8/h6-7H,2-5H2,1H3,(H,17,19). The topological polar surface area (TPSA) is 64.6 Å². The molecule has 21 heavy (non-hydrogen) atoms. The molecule has 0 fully saturated rings. The molecule has 1 amide bonds. The summed E-state index contributed by atoms with van der Waals surface area (Å²) in [5.41, 5.74) is 0.565. The van der Waals surface area contributed by atoms with Crippen LogP contribution in [0.3, 0.4) is 0 Å². The Labute approximate surface area is 148 Å². The lowest BCUT2D eigenvalue weighted by atomic mass is 10.3. The number of carbonyl (C=O) groups is 2. The average Bonchev–Trinajstić information content (AvgIpc) is 2.42. The fraction of sp³-hybridized carbons (Fsp3) is 0.385. The number of rotatable bonds is 6. The second kappa shape index (κ2) is 9.42. The molecule has 0 aromatic heterocycles. The molecular formula is C13H14Br3NO4. The van der Waals surface area contributed by atoms with E-state index in [1.54, 1.807) is 12.1 Å². The van der Waals surface area contributed by atoms with Crippen molar-refractivity contribution in [2.45, 2.75) is 19.8 Å². The molecule has 8 heteroatoms. The Bertz CT molecular complexity index is 499. The maximum absolute atomic E-state index is 11.6. The first-order chi connectivity index (χ1) is 9.93. The van der Waals surface area contributed by atoms with E-state index in [0.29, 0.717) is 12.3 Å². The van der Waals surface area contributed by atoms with Gasteiger partial charge in [0.05, 0.1) is 13.0 Å². The molecule has 0 saturated carbocycles. The molecule has 0 aliphatic rings. The smallest absolute Gasteiger partial charge is 0.411 e. The third kappa shape index (κ3) is 6.80. The first-order valence-electron chi connectivity index (χ1n) is 6.18. The summed E-state index contributed by atoms with van der Waals surface area (Å²) in [5.74, 6) is -0.376. The Kier molecular flexibility index (Phi) is 8.28. The molecular weight excluding hydrogens is 474 g/mol. The Morgan fingerprint density at radius 1 is 1.10 bits per heavy atom. The third-order valence-corrected chi connectivity index (χ3v) is 5.41. The lowest BCUT2D eigenvalue weighted by molar-refractivity contribution is -0.144. The third-order valence-electron chi connectivity index (χ3n) is 2.24. The number of halogens is 3. The summed E-state index contributed by atoms with van der Waals surface area (Å²) in [4.78, 5) is 22.8. The number of carbonyl (C=O) groups excluding carboxylic acids is 2. The summed E-state index contributed by atoms with van der Waals surface area (Å²) in [5, 5.41) is 2.57. The molecule has 1 rings (SSSR count). The average molecular weight is 488 g/mol. The number of hydrogen-bond acceptors (Lipinski definition) is 4. The van der Waals surface area contributed by atoms with Gasteiger partial charge in [0.2, 0.25) is 0 Å². The van der Waals surface area contributed by atoms with Crippen LogP contribution in [0.4, 0.5) is 10.5 Å². The second-order valence-electron chi connectivity index (χ2n) is 3.99. The molecule has 0 saturated heterocycles. The highest BCUT2D eigenvalue weighted by Gasteiger charge is 2.09. The van der Waals surface area contributed by atoms with Crippen molar-refractivity contribution in [3.8, 4) is 0 Å². The van der Waals surface area contributed by atoms with E-state index in [9.17, 15) is 9.59 Å². The number of anilines is 1. The van der Waals surface area contributed by atoms with Crippen LogP contribution in [0.2, 0.25) is 0 Å². The summed E-state index contributed by atoms with van der Waals surface area (Å²) in [6, 6.07) is 3.46. The largest absolute Gasteiger partial charge is 0.466 e. The Balaban J connectivity index is 2.39. The monoisotopic (exact) mass is 485 g/mol. The van der Waals surface area contributed by atoms with Gasteiger partial charge in [0, 0.05) is 19.1 Å². The van der Waals surface area contributed by atoms with Crippen molar-refractivity contribution in [3.05, 3.63) is 25.6 Å². The van der Waals surface area contributed by atoms with Gasteiger partial charge in [0.25, 0.3) is 0 Å². The van der Waals surface area contributed by atoms with E-state index in [0.717, 1.165) is 19.8 Å². The number of ether oxygens (including phenoxy) is 2. The molecule has 0 atom stereocenters. The van der Waals surface area contributed by atoms with E-state index in [1.807, 2.05) is 6.92 Å². The molecule has 0 aliphatic heterocycles. The lowest BCUT2D eigenvalue weighted by Crippen LogP contribution is -2.17. The zero-order chi connectivity index (χ0) is 15.8. The van der Waals surface area contributed by atoms with Crippen LogP contribution in [0.1, 0.15) is 19.8 Å². The minimum atomic E-state index is -0.626. The van der Waals surface area contributed by atoms with Crippen LogP contribution in [0.15, 0.2) is 25.6 Å². The van der Waals surface area contributed by atoms with Gasteiger partial charge >= 0.3 is 12.1 Å². The van der Waals surface area contributed by atoms with Gasteiger partial charge in [-0.2, -0.15) is 0 Å². The van der Waals surface area contributed by atoms with Gasteiger partial charge in [-0.1, -0.05) is 6.92 Å². The van der Waals surface area contributed by atoms with Crippen molar-refractivity contribution in [2.75, 3.05) is 18.5 Å². The Hall–Kier alpha value is -0.600. The predicted octanol–water partition coefficient (Wildman–Crippen LogP) is 4.87. The normalized spacial score (nSPS) is 10.1. The maximum Gasteiger partial charge on any atom is 0.411 e. The van der Waals surface area contributed by atoms with Crippen LogP contribution in [0, 0.1) is 0 Å². The van der Waals surface area contributed by atoms with E-state index >= 15 is 0 Å². The zero-order valence-electron chi connectivity index (χ0n) is 11.3. The van der Waals surface area contributed by atoms with Gasteiger partial charge in [0.1, 0.15) is 6.61 Å². The fourth-order valence-corrected chi connectivity index (χ4v) is 2.71. The van der Waals surface area contributed by atoms with Gasteiger partial charge in [0.15, 0.2) is 0 Å². The summed E-state index contributed by atoms with van der Waals surface area (Å²) in [6.07, 6.45) is 0.182. The van der Waals surface area contributed by atoms with Crippen molar-refractivity contribution in [1.29, 1.82) is 0 Å². The minimum Gasteiger partial charge on any atom is -0.466 e. The Morgan fingerprint density at radius 3 is 2.29 bits per heavy atom. The van der Waals surface area contributed by atoms with Crippen molar-refractivity contribution < 1.29 is 19.1 Å². The number of hydrogen-bond donors (Lipinski definition) is 1. The molecule has 0 heterocycles. The molecule has 1 aromatic rings. The summed E-state index contributed by atoms with van der Waals surface area (Å²) >= 11 is 10.1. The van der Waals surface area contributed by atoms with E-state index in [1.165, 1.54) is 0 Å². The molecule has 0 radical (unpaired) electrons. The Morgan fingerprint density at radius 2 is 1.71 bits per heavy atom. The highest BCUT2D eigenvalue weighted by Crippen LogP contribution is 2.34. The SMILES string of the molecule is CCCOC(=O)CCOC(=O)Nc1cc(Br)c(Br)c(Br)c1. The number of amides is 1. The zero-order valence-corrected chi connectivity index (χ0v) is 16.0. The van der Waals surface area contributed by atoms with E-state index in [2.05, 4.69) is 53.1 Å². The molecule has 0 bridgehead atoms. The van der Waals surface area contributed by atoms with Crippen LogP contribution in [0.5, 0.6) is 0 Å². The number of benzene rings is 1. The predicted molar refractivity (Wildman–Crippen MR) is 90.4 cm³/mol. The van der Waals surface area contributed by atoms with Gasteiger partial charge in [-0.15, -0.1) is 0 Å². The molecule has 0 unspecified atom stereocenters. The van der Waals surface area contributed by atoms with Crippen molar-refractivity contribution in [1.82, 2.24) is 0 Å². The quantitative estimate of drug-likeness (QED) is 0.459. The first kappa shape index (κ1) is 18.4. The van der Waals surface area contributed by atoms with E-state index in [-0.39, 0.29) is 19.0 Å². The molecule has 1 aromatic carbocycles. The molecule has 0 spiro atoms. The van der Waals surface area contributed by atoms with Gasteiger partial charge < -0.3 is 9.47 Å². The molecule has 116 valence electrons. The van der Waals surface area contributed by atoms with E-state index < -0.39 is 6.09 Å². The van der Waals surface area contributed by atoms with Crippen LogP contribution in [0.25, 0.3) is 0 Å². The van der Waals surface area contributed by atoms with Crippen LogP contribution in [-0.4, -0.2) is 25.3 Å². The number of esters is 1. The van der Waals surface area contributed by atoms with Crippen LogP contribution < -0.4 is 5.32 Å². The summed E-state index contributed by atoms with van der Waals surface area (Å²) in [6.45, 7) is 2.27. The highest BCUT2D eigenvalue weighted by molar-refractivity contribution is 9.14. The van der Waals surface area contributed by atoms with Crippen LogP contribution in [-0.2, 0) is 14.3 Å². The van der Waals surface area contributed by atoms with Crippen molar-refractivity contribution in [3.63, 3.8) is 0 Å². The second-order valence-corrected chi connectivity index (χ2v) is 6.49. The summed E-state index contributed by atoms with van der Waals surface area (Å²) < 4.78 is 12.2. The van der Waals surface area contributed by atoms with Crippen molar-refractivity contribution in [2.24, 2.45) is 0 Å². The van der Waals surface area contributed by atoms with Crippen LogP contribution >= 0.6 is 47.8 Å². The van der Waals surface area contributed by atoms with Gasteiger partial charge in [-0.25, -0.2) is 4.79 Å². The number of nitrogens with one attached hydrogen (secondary N) is 1. The molecule has 5 nitrogen and oxygen atoms in total. The highest BCUT2D eigenvalue weighted by atomic mass is 79.9.